The van der Waals surface area contributed by atoms with E-state index in [9.17, 15) is 4.79 Å². The molecule has 5 nitrogen and oxygen atoms in total. The van der Waals surface area contributed by atoms with Gasteiger partial charge in [-0.3, -0.25) is 4.79 Å². The van der Waals surface area contributed by atoms with Gasteiger partial charge in [0, 0.05) is 20.6 Å². The van der Waals surface area contributed by atoms with Crippen molar-refractivity contribution >= 4 is 5.91 Å². The number of carbonyl (C=O) groups excluding carboxylic acids is 1. The summed E-state index contributed by atoms with van der Waals surface area (Å²) in [5.41, 5.74) is 0.530. The summed E-state index contributed by atoms with van der Waals surface area (Å²) in [6.07, 6.45) is 1.48. The Bertz CT molecular complexity index is 279. The largest absolute Gasteiger partial charge is 0.343 e. The molecule has 0 unspecified atom stereocenters. The van der Waals surface area contributed by atoms with E-state index in [-0.39, 0.29) is 5.91 Å². The Labute approximate surface area is 71.0 Å². The summed E-state index contributed by atoms with van der Waals surface area (Å²) < 4.78 is 1.57. The first-order valence-corrected chi connectivity index (χ1v) is 3.77. The lowest BCUT2D eigenvalue weighted by atomic mass is 10.4. The van der Waals surface area contributed by atoms with Gasteiger partial charge >= 0.3 is 0 Å². The second-order valence-corrected chi connectivity index (χ2v) is 2.63. The molecule has 0 fully saturated rings. The van der Waals surface area contributed by atoms with Gasteiger partial charge in [-0.2, -0.15) is 0 Å². The molecule has 5 heteroatoms. The zero-order valence-electron chi connectivity index (χ0n) is 7.48. The third-order valence-corrected chi connectivity index (χ3v) is 1.54. The summed E-state index contributed by atoms with van der Waals surface area (Å²) in [4.78, 5) is 12.9. The highest BCUT2D eigenvalue weighted by Crippen LogP contribution is 1.98. The fourth-order valence-electron chi connectivity index (χ4n) is 0.886. The van der Waals surface area contributed by atoms with Crippen LogP contribution in [-0.2, 0) is 6.54 Å². The first kappa shape index (κ1) is 8.70. The minimum atomic E-state index is -0.0677. The van der Waals surface area contributed by atoms with Gasteiger partial charge in [-0.25, -0.2) is 4.68 Å². The Kier molecular flexibility index (Phi) is 2.42. The highest BCUT2D eigenvalue weighted by Gasteiger charge is 2.13. The Morgan fingerprint density at radius 3 is 2.83 bits per heavy atom. The van der Waals surface area contributed by atoms with Crippen LogP contribution < -0.4 is 0 Å². The summed E-state index contributed by atoms with van der Waals surface area (Å²) in [5, 5.41) is 7.42. The zero-order valence-corrected chi connectivity index (χ0v) is 7.48. The minimum Gasteiger partial charge on any atom is -0.343 e. The maximum absolute atomic E-state index is 11.4. The van der Waals surface area contributed by atoms with Gasteiger partial charge < -0.3 is 4.90 Å². The fraction of sp³-hybridized carbons (Fsp3) is 0.571. The molecule has 1 aromatic heterocycles. The van der Waals surface area contributed by atoms with Crippen LogP contribution in [0.3, 0.4) is 0 Å². The van der Waals surface area contributed by atoms with Crippen LogP contribution in [0.1, 0.15) is 17.4 Å². The molecular weight excluding hydrogens is 156 g/mol. The molecule has 1 heterocycles. The molecule has 0 aliphatic heterocycles. The van der Waals surface area contributed by atoms with Gasteiger partial charge in [0.05, 0.1) is 6.20 Å². The number of rotatable bonds is 2. The molecule has 12 heavy (non-hydrogen) atoms. The van der Waals surface area contributed by atoms with Crippen LogP contribution in [0.15, 0.2) is 6.20 Å². The first-order chi connectivity index (χ1) is 5.66. The maximum atomic E-state index is 11.4. The van der Waals surface area contributed by atoms with Crippen molar-refractivity contribution in [1.82, 2.24) is 19.9 Å². The molecule has 1 rings (SSSR count). The van der Waals surface area contributed by atoms with Crippen LogP contribution in [-0.4, -0.2) is 39.9 Å². The standard InChI is InChI=1S/C7H12N4O/c1-4-11-6(5-8-9-11)7(12)10(2)3/h5H,4H2,1-3H3. The third kappa shape index (κ3) is 1.44. The number of amides is 1. The quantitative estimate of drug-likeness (QED) is 0.624. The number of nitrogens with zero attached hydrogens (tertiary/aromatic N) is 4. The minimum absolute atomic E-state index is 0.0677. The van der Waals surface area contributed by atoms with E-state index in [0.717, 1.165) is 0 Å². The first-order valence-electron chi connectivity index (χ1n) is 3.77. The van der Waals surface area contributed by atoms with E-state index in [1.807, 2.05) is 6.92 Å². The van der Waals surface area contributed by atoms with Gasteiger partial charge in [0.25, 0.3) is 5.91 Å². The SMILES string of the molecule is CCn1nncc1C(=O)N(C)C. The smallest absolute Gasteiger partial charge is 0.273 e. The van der Waals surface area contributed by atoms with Gasteiger partial charge in [0.2, 0.25) is 0 Å². The summed E-state index contributed by atoms with van der Waals surface area (Å²) in [6, 6.07) is 0. The summed E-state index contributed by atoms with van der Waals surface area (Å²) in [6.45, 7) is 2.58. The molecule has 66 valence electrons. The molecular formula is C7H12N4O. The summed E-state index contributed by atoms with van der Waals surface area (Å²) in [7, 11) is 3.41. The van der Waals surface area contributed by atoms with Gasteiger partial charge in [-0.05, 0) is 6.92 Å². The van der Waals surface area contributed by atoms with E-state index in [1.165, 1.54) is 11.1 Å². The van der Waals surface area contributed by atoms with Crippen molar-refractivity contribution in [2.24, 2.45) is 0 Å². The molecule has 0 saturated heterocycles. The van der Waals surface area contributed by atoms with Crippen molar-refractivity contribution in [3.05, 3.63) is 11.9 Å². The molecule has 0 aliphatic carbocycles. The van der Waals surface area contributed by atoms with Gasteiger partial charge in [-0.1, -0.05) is 5.21 Å². The normalized spacial score (nSPS) is 9.92. The number of hydrogen-bond acceptors (Lipinski definition) is 3. The molecule has 0 atom stereocenters. The Balaban J connectivity index is 2.94. The average molecular weight is 168 g/mol. The predicted molar refractivity (Wildman–Crippen MR) is 43.7 cm³/mol. The molecule has 0 N–H and O–H groups in total. The van der Waals surface area contributed by atoms with Crippen molar-refractivity contribution in [1.29, 1.82) is 0 Å². The van der Waals surface area contributed by atoms with E-state index in [4.69, 9.17) is 0 Å². The maximum Gasteiger partial charge on any atom is 0.273 e. The van der Waals surface area contributed by atoms with Gasteiger partial charge in [0.15, 0.2) is 0 Å². The molecule has 0 bridgehead atoms. The second kappa shape index (κ2) is 3.34. The van der Waals surface area contributed by atoms with E-state index in [1.54, 1.807) is 18.8 Å². The second-order valence-electron chi connectivity index (χ2n) is 2.63. The predicted octanol–water partition coefficient (Wildman–Crippen LogP) is -0.000200. The molecule has 1 amide bonds. The number of hydrogen-bond donors (Lipinski definition) is 0. The molecule has 1 aromatic rings. The fourth-order valence-corrected chi connectivity index (χ4v) is 0.886. The van der Waals surface area contributed by atoms with Crippen molar-refractivity contribution in [3.8, 4) is 0 Å². The van der Waals surface area contributed by atoms with E-state index in [0.29, 0.717) is 12.2 Å². The lowest BCUT2D eigenvalue weighted by Crippen LogP contribution is -2.24. The van der Waals surface area contributed by atoms with E-state index >= 15 is 0 Å². The molecule has 0 radical (unpaired) electrons. The van der Waals surface area contributed by atoms with Crippen LogP contribution in [0.2, 0.25) is 0 Å². The van der Waals surface area contributed by atoms with Crippen molar-refractivity contribution in [3.63, 3.8) is 0 Å². The lowest BCUT2D eigenvalue weighted by Gasteiger charge is -2.09. The highest BCUT2D eigenvalue weighted by atomic mass is 16.2. The lowest BCUT2D eigenvalue weighted by molar-refractivity contribution is 0.0815. The van der Waals surface area contributed by atoms with Gasteiger partial charge in [-0.15, -0.1) is 5.10 Å². The molecule has 0 aromatic carbocycles. The number of aryl methyl sites for hydroxylation is 1. The average Bonchev–Trinajstić information content (AvgIpc) is 2.49. The van der Waals surface area contributed by atoms with Gasteiger partial charge in [0.1, 0.15) is 5.69 Å². The summed E-state index contributed by atoms with van der Waals surface area (Å²) in [5.74, 6) is -0.0677. The third-order valence-electron chi connectivity index (χ3n) is 1.54. The number of aromatic nitrogens is 3. The molecule has 0 aliphatic rings. The van der Waals surface area contributed by atoms with Crippen LogP contribution >= 0.6 is 0 Å². The Hall–Kier alpha value is -1.39. The number of carbonyl (C=O) groups is 1. The summed E-state index contributed by atoms with van der Waals surface area (Å²) >= 11 is 0. The van der Waals surface area contributed by atoms with Crippen molar-refractivity contribution in [2.45, 2.75) is 13.5 Å². The van der Waals surface area contributed by atoms with E-state index < -0.39 is 0 Å². The Morgan fingerprint density at radius 1 is 1.67 bits per heavy atom. The van der Waals surface area contributed by atoms with Crippen LogP contribution in [0.25, 0.3) is 0 Å². The molecule has 0 saturated carbocycles. The molecule has 0 spiro atoms. The van der Waals surface area contributed by atoms with Crippen LogP contribution in [0.4, 0.5) is 0 Å². The van der Waals surface area contributed by atoms with Crippen LogP contribution in [0.5, 0.6) is 0 Å². The van der Waals surface area contributed by atoms with Crippen LogP contribution in [0, 0.1) is 0 Å². The van der Waals surface area contributed by atoms with Crippen molar-refractivity contribution < 1.29 is 4.79 Å². The topological polar surface area (TPSA) is 51.0 Å². The van der Waals surface area contributed by atoms with Crippen molar-refractivity contribution in [2.75, 3.05) is 14.1 Å². The zero-order chi connectivity index (χ0) is 9.14. The van der Waals surface area contributed by atoms with E-state index in [2.05, 4.69) is 10.3 Å². The monoisotopic (exact) mass is 168 g/mol. The Morgan fingerprint density at radius 2 is 2.33 bits per heavy atom. The highest BCUT2D eigenvalue weighted by molar-refractivity contribution is 5.91.